The maximum absolute atomic E-state index is 5.86. The SMILES string of the molecule is c1ccc(-c2ccc(-c3ccc(N(c4ccc(-c5ccc(-c6ccccc6)cc5)cc4)c4ccc(-c5coc6ccccc56)cc4)cc3)cc2)cc1. The van der Waals surface area contributed by atoms with E-state index in [0.717, 1.165) is 39.2 Å². The van der Waals surface area contributed by atoms with Gasteiger partial charge in [-0.05, 0) is 92.5 Å². The first kappa shape index (κ1) is 31.1. The van der Waals surface area contributed by atoms with Gasteiger partial charge in [0.25, 0.3) is 0 Å². The fraction of sp³-hybridized carbons (Fsp3) is 0. The molecule has 0 amide bonds. The summed E-state index contributed by atoms with van der Waals surface area (Å²) in [4.78, 5) is 2.32. The van der Waals surface area contributed by atoms with Crippen LogP contribution in [0.25, 0.3) is 66.6 Å². The third-order valence-electron chi connectivity index (χ3n) is 9.82. The van der Waals surface area contributed by atoms with Crippen LogP contribution >= 0.6 is 0 Å². The lowest BCUT2D eigenvalue weighted by Gasteiger charge is -2.26. The van der Waals surface area contributed by atoms with Crippen LogP contribution in [0.2, 0.25) is 0 Å². The molecule has 0 bridgehead atoms. The van der Waals surface area contributed by atoms with Crippen molar-refractivity contribution in [3.05, 3.63) is 213 Å². The van der Waals surface area contributed by atoms with Crippen molar-refractivity contribution in [1.82, 2.24) is 0 Å². The molecule has 0 fully saturated rings. The van der Waals surface area contributed by atoms with Gasteiger partial charge in [-0.3, -0.25) is 0 Å². The second-order valence-corrected chi connectivity index (χ2v) is 13.0. The van der Waals surface area contributed by atoms with Gasteiger partial charge in [0.05, 0.1) is 6.26 Å². The molecule has 0 aliphatic rings. The van der Waals surface area contributed by atoms with Crippen molar-refractivity contribution < 1.29 is 4.42 Å². The van der Waals surface area contributed by atoms with E-state index in [4.69, 9.17) is 4.42 Å². The van der Waals surface area contributed by atoms with Crippen molar-refractivity contribution in [1.29, 1.82) is 0 Å². The smallest absolute Gasteiger partial charge is 0.134 e. The molecule has 1 aromatic heterocycles. The zero-order chi connectivity index (χ0) is 34.7. The molecule has 1 heterocycles. The molecule has 0 spiro atoms. The van der Waals surface area contributed by atoms with Crippen molar-refractivity contribution >= 4 is 28.0 Å². The van der Waals surface area contributed by atoms with Gasteiger partial charge in [-0.2, -0.15) is 0 Å². The number of nitrogens with zero attached hydrogens (tertiary/aromatic N) is 1. The molecule has 9 rings (SSSR count). The van der Waals surface area contributed by atoms with Gasteiger partial charge in [0.15, 0.2) is 0 Å². The highest BCUT2D eigenvalue weighted by atomic mass is 16.3. The standard InChI is InChI=1S/C50H35NO/c1-3-9-36(10-4-1)38-15-19-40(20-16-38)42-23-29-45(30-24-42)51(47-33-27-44(28-34-47)49-35-52-50-14-8-7-13-48(49)50)46-31-25-43(26-32-46)41-21-17-39(18-22-41)37-11-5-2-6-12-37/h1-35H. The molecule has 246 valence electrons. The fourth-order valence-corrected chi connectivity index (χ4v) is 7.02. The zero-order valence-electron chi connectivity index (χ0n) is 28.6. The number of benzene rings is 8. The predicted molar refractivity (Wildman–Crippen MR) is 218 cm³/mol. The van der Waals surface area contributed by atoms with Crippen LogP contribution in [-0.4, -0.2) is 0 Å². The first-order chi connectivity index (χ1) is 25.8. The fourth-order valence-electron chi connectivity index (χ4n) is 7.02. The lowest BCUT2D eigenvalue weighted by molar-refractivity contribution is 0.617. The molecule has 8 aromatic carbocycles. The summed E-state index contributed by atoms with van der Waals surface area (Å²) < 4.78 is 5.86. The van der Waals surface area contributed by atoms with Gasteiger partial charge in [0.1, 0.15) is 5.58 Å². The Bertz CT molecular complexity index is 2420. The van der Waals surface area contributed by atoms with Gasteiger partial charge in [0.2, 0.25) is 0 Å². The lowest BCUT2D eigenvalue weighted by atomic mass is 9.99. The van der Waals surface area contributed by atoms with E-state index in [2.05, 4.69) is 199 Å². The van der Waals surface area contributed by atoms with Gasteiger partial charge >= 0.3 is 0 Å². The summed E-state index contributed by atoms with van der Waals surface area (Å²) in [5.74, 6) is 0. The van der Waals surface area contributed by atoms with E-state index < -0.39 is 0 Å². The number of furan rings is 1. The normalized spacial score (nSPS) is 11.1. The van der Waals surface area contributed by atoms with Crippen molar-refractivity contribution in [2.45, 2.75) is 0 Å². The minimum absolute atomic E-state index is 0.896. The number of para-hydroxylation sites is 1. The van der Waals surface area contributed by atoms with E-state index >= 15 is 0 Å². The Morgan fingerprint density at radius 2 is 0.577 bits per heavy atom. The molecule has 0 atom stereocenters. The van der Waals surface area contributed by atoms with Gasteiger partial charge in [-0.1, -0.05) is 164 Å². The molecule has 0 aliphatic carbocycles. The summed E-state index contributed by atoms with van der Waals surface area (Å²) in [6.07, 6.45) is 1.85. The summed E-state index contributed by atoms with van der Waals surface area (Å²) in [6.45, 7) is 0. The minimum Gasteiger partial charge on any atom is -0.464 e. The summed E-state index contributed by atoms with van der Waals surface area (Å²) in [5.41, 5.74) is 16.0. The third kappa shape index (κ3) is 6.19. The Morgan fingerprint density at radius 1 is 0.269 bits per heavy atom. The highest BCUT2D eigenvalue weighted by molar-refractivity contribution is 5.94. The van der Waals surface area contributed by atoms with Crippen LogP contribution in [0.4, 0.5) is 17.1 Å². The molecule has 2 nitrogen and oxygen atoms in total. The minimum atomic E-state index is 0.896. The molecule has 52 heavy (non-hydrogen) atoms. The van der Waals surface area contributed by atoms with Gasteiger partial charge in [-0.15, -0.1) is 0 Å². The van der Waals surface area contributed by atoms with Crippen LogP contribution in [0.3, 0.4) is 0 Å². The Labute approximate surface area is 304 Å². The van der Waals surface area contributed by atoms with Gasteiger partial charge in [-0.25, -0.2) is 0 Å². The maximum Gasteiger partial charge on any atom is 0.134 e. The molecule has 0 radical (unpaired) electrons. The quantitative estimate of drug-likeness (QED) is 0.161. The Balaban J connectivity index is 1.04. The van der Waals surface area contributed by atoms with Crippen molar-refractivity contribution in [3.63, 3.8) is 0 Å². The van der Waals surface area contributed by atoms with Crippen molar-refractivity contribution in [2.24, 2.45) is 0 Å². The molecular weight excluding hydrogens is 631 g/mol. The second kappa shape index (κ2) is 13.8. The monoisotopic (exact) mass is 665 g/mol. The third-order valence-corrected chi connectivity index (χ3v) is 9.82. The topological polar surface area (TPSA) is 16.4 Å². The molecule has 0 saturated carbocycles. The van der Waals surface area contributed by atoms with Crippen LogP contribution in [0, 0.1) is 0 Å². The maximum atomic E-state index is 5.86. The number of rotatable bonds is 8. The first-order valence-corrected chi connectivity index (χ1v) is 17.7. The van der Waals surface area contributed by atoms with Crippen LogP contribution < -0.4 is 4.90 Å². The Morgan fingerprint density at radius 3 is 0.981 bits per heavy atom. The van der Waals surface area contributed by atoms with Crippen molar-refractivity contribution in [3.8, 4) is 55.6 Å². The Hall–Kier alpha value is -6.90. The Kier molecular flexibility index (Phi) is 8.24. The van der Waals surface area contributed by atoms with E-state index in [1.807, 2.05) is 18.4 Å². The van der Waals surface area contributed by atoms with E-state index in [1.54, 1.807) is 0 Å². The first-order valence-electron chi connectivity index (χ1n) is 17.7. The van der Waals surface area contributed by atoms with Crippen LogP contribution in [0.1, 0.15) is 0 Å². The molecule has 2 heteroatoms. The van der Waals surface area contributed by atoms with E-state index in [-0.39, 0.29) is 0 Å². The molecule has 0 N–H and O–H groups in total. The zero-order valence-corrected chi connectivity index (χ0v) is 28.6. The number of hydrogen-bond acceptors (Lipinski definition) is 2. The molecular formula is C50H35NO. The largest absolute Gasteiger partial charge is 0.464 e. The number of hydrogen-bond donors (Lipinski definition) is 0. The van der Waals surface area contributed by atoms with Crippen LogP contribution in [0.5, 0.6) is 0 Å². The van der Waals surface area contributed by atoms with E-state index in [1.165, 1.54) is 44.5 Å². The number of fused-ring (bicyclic) bond motifs is 1. The van der Waals surface area contributed by atoms with Crippen LogP contribution in [-0.2, 0) is 0 Å². The van der Waals surface area contributed by atoms with Crippen molar-refractivity contribution in [2.75, 3.05) is 4.90 Å². The number of anilines is 3. The van der Waals surface area contributed by atoms with Crippen LogP contribution in [0.15, 0.2) is 217 Å². The summed E-state index contributed by atoms with van der Waals surface area (Å²) >= 11 is 0. The lowest BCUT2D eigenvalue weighted by Crippen LogP contribution is -2.09. The second-order valence-electron chi connectivity index (χ2n) is 13.0. The molecule has 0 saturated heterocycles. The average Bonchev–Trinajstić information content (AvgIpc) is 3.67. The van der Waals surface area contributed by atoms with E-state index in [9.17, 15) is 0 Å². The summed E-state index contributed by atoms with van der Waals surface area (Å²) in [6, 6.07) is 73.3. The highest BCUT2D eigenvalue weighted by Crippen LogP contribution is 2.39. The summed E-state index contributed by atoms with van der Waals surface area (Å²) in [5, 5.41) is 1.12. The molecule has 0 aliphatic heterocycles. The molecule has 0 unspecified atom stereocenters. The highest BCUT2D eigenvalue weighted by Gasteiger charge is 2.15. The van der Waals surface area contributed by atoms with E-state index in [0.29, 0.717) is 0 Å². The van der Waals surface area contributed by atoms with Gasteiger partial charge in [0, 0.05) is 28.0 Å². The average molecular weight is 666 g/mol. The predicted octanol–water partition coefficient (Wildman–Crippen LogP) is 14.2. The molecule has 9 aromatic rings. The summed E-state index contributed by atoms with van der Waals surface area (Å²) in [7, 11) is 0. The van der Waals surface area contributed by atoms with Gasteiger partial charge < -0.3 is 9.32 Å².